The van der Waals surface area contributed by atoms with Crippen molar-refractivity contribution in [2.45, 2.75) is 40.0 Å². The minimum atomic E-state index is -0.490. The van der Waals surface area contributed by atoms with Gasteiger partial charge in [-0.3, -0.25) is 14.9 Å². The van der Waals surface area contributed by atoms with E-state index in [0.29, 0.717) is 16.6 Å². The third-order valence-electron chi connectivity index (χ3n) is 2.88. The summed E-state index contributed by atoms with van der Waals surface area (Å²) < 4.78 is 0. The van der Waals surface area contributed by atoms with Crippen LogP contribution >= 0.6 is 11.3 Å². The van der Waals surface area contributed by atoms with E-state index in [4.69, 9.17) is 0 Å². The third kappa shape index (κ3) is 3.36. The second-order valence-corrected chi connectivity index (χ2v) is 6.73. The molecule has 0 spiro atoms. The Morgan fingerprint density at radius 3 is 2.43 bits per heavy atom. The number of carbonyl (C=O) groups excluding carboxylic acids is 1. The smallest absolute Gasteiger partial charge is 0.264 e. The fourth-order valence-corrected chi connectivity index (χ4v) is 2.46. The van der Waals surface area contributed by atoms with E-state index in [2.05, 4.69) is 20.3 Å². The van der Waals surface area contributed by atoms with Crippen LogP contribution in [0, 0.1) is 13.8 Å². The van der Waals surface area contributed by atoms with Crippen molar-refractivity contribution in [2.24, 2.45) is 0 Å². The van der Waals surface area contributed by atoms with Crippen molar-refractivity contribution in [3.8, 4) is 0 Å². The van der Waals surface area contributed by atoms with Gasteiger partial charge in [-0.2, -0.15) is 0 Å². The monoisotopic (exact) mass is 306 g/mol. The van der Waals surface area contributed by atoms with Crippen LogP contribution in [0.15, 0.2) is 10.2 Å². The van der Waals surface area contributed by atoms with Gasteiger partial charge < -0.3 is 4.98 Å². The number of aromatic amines is 1. The molecule has 0 aliphatic heterocycles. The second kappa shape index (κ2) is 5.40. The topological polar surface area (TPSA) is 87.7 Å². The summed E-state index contributed by atoms with van der Waals surface area (Å²) in [7, 11) is 0. The number of amides is 1. The maximum Gasteiger partial charge on any atom is 0.264 e. The average Bonchev–Trinajstić information content (AvgIpc) is 2.72. The van der Waals surface area contributed by atoms with Crippen molar-refractivity contribution in [1.82, 2.24) is 15.0 Å². The molecule has 0 atom stereocenters. The van der Waals surface area contributed by atoms with Gasteiger partial charge in [-0.05, 0) is 13.8 Å². The fraction of sp³-hybridized carbons (Fsp3) is 0.429. The Balaban J connectivity index is 2.36. The van der Waals surface area contributed by atoms with Crippen molar-refractivity contribution in [3.63, 3.8) is 0 Å². The van der Waals surface area contributed by atoms with Gasteiger partial charge in [0.2, 0.25) is 0 Å². The van der Waals surface area contributed by atoms with E-state index in [-0.39, 0.29) is 11.0 Å². The predicted molar refractivity (Wildman–Crippen MR) is 83.1 cm³/mol. The molecule has 7 heteroatoms. The molecular formula is C14H18N4O2S. The summed E-state index contributed by atoms with van der Waals surface area (Å²) in [5.74, 6) is 0.0719. The molecule has 2 heterocycles. The number of H-pyrrole nitrogens is 1. The molecule has 0 fully saturated rings. The number of rotatable bonds is 2. The van der Waals surface area contributed by atoms with E-state index in [1.807, 2.05) is 33.1 Å². The van der Waals surface area contributed by atoms with Crippen molar-refractivity contribution >= 4 is 22.4 Å². The molecular weight excluding hydrogens is 288 g/mol. The molecule has 0 unspecified atom stereocenters. The van der Waals surface area contributed by atoms with Crippen molar-refractivity contribution in [1.29, 1.82) is 0 Å². The first-order valence-corrected chi connectivity index (χ1v) is 7.41. The molecule has 0 aliphatic carbocycles. The number of nitrogens with zero attached hydrogens (tertiary/aromatic N) is 2. The van der Waals surface area contributed by atoms with Gasteiger partial charge >= 0.3 is 0 Å². The normalized spacial score (nSPS) is 11.5. The maximum absolute atomic E-state index is 12.2. The second-order valence-electron chi connectivity index (χ2n) is 5.87. The zero-order chi connectivity index (χ0) is 15.8. The van der Waals surface area contributed by atoms with E-state index in [1.165, 1.54) is 11.3 Å². The standard InChI is InChI=1S/C14H18N4O2S/c1-7-6-21-13(15-7)18-11(20)9-8(2)16-12(14(3,4)5)17-10(9)19/h6H,1-5H3,(H,15,18,20)(H,16,17,19). The molecule has 2 rings (SSSR count). The molecule has 1 amide bonds. The summed E-state index contributed by atoms with van der Waals surface area (Å²) in [6, 6.07) is 0. The van der Waals surface area contributed by atoms with E-state index < -0.39 is 11.5 Å². The molecule has 6 nitrogen and oxygen atoms in total. The number of hydrogen-bond acceptors (Lipinski definition) is 5. The summed E-state index contributed by atoms with van der Waals surface area (Å²) in [4.78, 5) is 35.6. The lowest BCUT2D eigenvalue weighted by atomic mass is 9.95. The van der Waals surface area contributed by atoms with Gasteiger partial charge in [0.05, 0.1) is 11.4 Å². The molecule has 0 aromatic carbocycles. The molecule has 112 valence electrons. The fourth-order valence-electron chi connectivity index (χ4n) is 1.78. The highest BCUT2D eigenvalue weighted by Gasteiger charge is 2.22. The molecule has 0 saturated carbocycles. The molecule has 2 N–H and O–H groups in total. The molecule has 0 aliphatic rings. The van der Waals surface area contributed by atoms with E-state index >= 15 is 0 Å². The molecule has 21 heavy (non-hydrogen) atoms. The number of nitrogens with one attached hydrogen (secondary N) is 2. The SMILES string of the molecule is Cc1csc(NC(=O)c2c(C)nc(C(C)(C)C)[nH]c2=O)n1. The van der Waals surface area contributed by atoms with Crippen LogP contribution in [0.2, 0.25) is 0 Å². The summed E-state index contributed by atoms with van der Waals surface area (Å²) >= 11 is 1.32. The van der Waals surface area contributed by atoms with Crippen LogP contribution < -0.4 is 10.9 Å². The summed E-state index contributed by atoms with van der Waals surface area (Å²) in [6.07, 6.45) is 0. The average molecular weight is 306 g/mol. The minimum Gasteiger partial charge on any atom is -0.309 e. The summed E-state index contributed by atoms with van der Waals surface area (Å²) in [6.45, 7) is 9.34. The zero-order valence-electron chi connectivity index (χ0n) is 12.7. The lowest BCUT2D eigenvalue weighted by Crippen LogP contribution is -2.30. The quantitative estimate of drug-likeness (QED) is 0.891. The van der Waals surface area contributed by atoms with Gasteiger partial charge in [0.15, 0.2) is 5.13 Å². The van der Waals surface area contributed by atoms with Crippen LogP contribution in [0.1, 0.15) is 48.3 Å². The maximum atomic E-state index is 12.2. The number of aryl methyl sites for hydroxylation is 2. The lowest BCUT2D eigenvalue weighted by molar-refractivity contribution is 0.102. The Kier molecular flexibility index (Phi) is 3.95. The highest BCUT2D eigenvalue weighted by atomic mass is 32.1. The predicted octanol–water partition coefficient (Wildman–Crippen LogP) is 2.39. The largest absolute Gasteiger partial charge is 0.309 e. The molecule has 0 radical (unpaired) electrons. The Hall–Kier alpha value is -2.02. The van der Waals surface area contributed by atoms with Crippen molar-refractivity contribution in [3.05, 3.63) is 38.5 Å². The van der Waals surface area contributed by atoms with Crippen LogP contribution in [0.4, 0.5) is 5.13 Å². The first kappa shape index (κ1) is 15.4. The first-order valence-electron chi connectivity index (χ1n) is 6.53. The van der Waals surface area contributed by atoms with Gasteiger partial charge in [-0.25, -0.2) is 9.97 Å². The third-order valence-corrected chi connectivity index (χ3v) is 3.75. The number of thiazole rings is 1. The summed E-state index contributed by atoms with van der Waals surface area (Å²) in [5.41, 5.74) is 0.538. The molecule has 2 aromatic heterocycles. The van der Waals surface area contributed by atoms with Crippen molar-refractivity contribution < 1.29 is 4.79 Å². The molecule has 0 saturated heterocycles. The number of aromatic nitrogens is 3. The number of carbonyl (C=O) groups is 1. The first-order chi connectivity index (χ1) is 9.68. The van der Waals surface area contributed by atoms with Gasteiger partial charge in [0.25, 0.3) is 11.5 Å². The highest BCUT2D eigenvalue weighted by Crippen LogP contribution is 2.18. The van der Waals surface area contributed by atoms with Crippen LogP contribution in [-0.2, 0) is 5.41 Å². The summed E-state index contributed by atoms with van der Waals surface area (Å²) in [5, 5.41) is 4.92. The van der Waals surface area contributed by atoms with Gasteiger partial charge in [0.1, 0.15) is 11.4 Å². The Labute approximate surface area is 126 Å². The van der Waals surface area contributed by atoms with E-state index in [1.54, 1.807) is 6.92 Å². The van der Waals surface area contributed by atoms with Crippen LogP contribution in [0.5, 0.6) is 0 Å². The Bertz CT molecular complexity index is 740. The zero-order valence-corrected chi connectivity index (χ0v) is 13.5. The van der Waals surface area contributed by atoms with E-state index in [0.717, 1.165) is 5.69 Å². The molecule has 2 aromatic rings. The van der Waals surface area contributed by atoms with Gasteiger partial charge in [-0.15, -0.1) is 11.3 Å². The van der Waals surface area contributed by atoms with Crippen LogP contribution in [0.25, 0.3) is 0 Å². The van der Waals surface area contributed by atoms with Gasteiger partial charge in [0, 0.05) is 10.8 Å². The minimum absolute atomic E-state index is 0.0239. The number of anilines is 1. The number of hydrogen-bond donors (Lipinski definition) is 2. The van der Waals surface area contributed by atoms with Crippen LogP contribution in [-0.4, -0.2) is 20.9 Å². The Morgan fingerprint density at radius 1 is 1.29 bits per heavy atom. The Morgan fingerprint density at radius 2 is 1.95 bits per heavy atom. The van der Waals surface area contributed by atoms with Crippen LogP contribution in [0.3, 0.4) is 0 Å². The van der Waals surface area contributed by atoms with E-state index in [9.17, 15) is 9.59 Å². The van der Waals surface area contributed by atoms with Crippen molar-refractivity contribution in [2.75, 3.05) is 5.32 Å². The molecule has 0 bridgehead atoms. The van der Waals surface area contributed by atoms with Gasteiger partial charge in [-0.1, -0.05) is 20.8 Å². The highest BCUT2D eigenvalue weighted by molar-refractivity contribution is 7.13. The lowest BCUT2D eigenvalue weighted by Gasteiger charge is -2.18.